The summed E-state index contributed by atoms with van der Waals surface area (Å²) in [4.78, 5) is 24.0. The molecule has 0 N–H and O–H groups in total. The average Bonchev–Trinajstić information content (AvgIpc) is 1.81. The summed E-state index contributed by atoms with van der Waals surface area (Å²) < 4.78 is 0. The third-order valence-corrected chi connectivity index (χ3v) is 0. The third-order valence-electron chi connectivity index (χ3n) is 0. The second-order valence-corrected chi connectivity index (χ2v) is 0. The van der Waals surface area contributed by atoms with Gasteiger partial charge in [0.05, 0.1) is 0 Å². The average molecular weight is 154 g/mol. The van der Waals surface area contributed by atoms with Crippen molar-refractivity contribution in [1.29, 1.82) is 0 Å². The van der Waals surface area contributed by atoms with Gasteiger partial charge in [-0.3, -0.25) is 0 Å². The van der Waals surface area contributed by atoms with Crippen molar-refractivity contribution in [2.75, 3.05) is 0 Å². The Morgan fingerprint density at radius 2 is 0.571 bits per heavy atom. The number of hydrogen-bond donors (Lipinski definition) is 0. The van der Waals surface area contributed by atoms with Crippen molar-refractivity contribution in [2.45, 2.75) is 0 Å². The molecule has 0 saturated carbocycles. The second kappa shape index (κ2) is 512. The minimum Gasteiger partial charge on any atom is -0.307 e. The molecular weight excluding hydrogens is 148 g/mol. The first-order chi connectivity index (χ1) is 3.00. The van der Waals surface area contributed by atoms with Gasteiger partial charge in [-0.15, -0.1) is 0 Å². The van der Waals surface area contributed by atoms with Gasteiger partial charge in [-0.25, -0.2) is 0 Å². The van der Waals surface area contributed by atoms with Gasteiger partial charge in [0.1, 0.15) is 20.4 Å². The summed E-state index contributed by atoms with van der Waals surface area (Å²) in [5.41, 5.74) is 0. The molecule has 3 nitrogen and oxygen atoms in total. The van der Waals surface area contributed by atoms with E-state index in [0.29, 0.717) is 0 Å². The third kappa shape index (κ3) is 311. The Kier molecular flexibility index (Phi) is 2280. The summed E-state index contributed by atoms with van der Waals surface area (Å²) in [5, 5.41) is 0. The Balaban J connectivity index is -0.00000000900. The largest absolute Gasteiger partial charge is 0.307 e. The standard InChI is InChI=1S/3CH2O.Cu/c3*1-2;/h3*1H2;. The van der Waals surface area contributed by atoms with Crippen LogP contribution < -0.4 is 0 Å². The van der Waals surface area contributed by atoms with E-state index in [1.165, 1.54) is 0 Å². The van der Waals surface area contributed by atoms with Gasteiger partial charge in [-0.1, -0.05) is 0 Å². The van der Waals surface area contributed by atoms with E-state index in [-0.39, 0.29) is 17.1 Å². The van der Waals surface area contributed by atoms with Gasteiger partial charge in [0.2, 0.25) is 0 Å². The van der Waals surface area contributed by atoms with Crippen LogP contribution in [-0.4, -0.2) is 20.4 Å². The van der Waals surface area contributed by atoms with Gasteiger partial charge < -0.3 is 14.4 Å². The predicted octanol–water partition coefficient (Wildman–Crippen LogP) is -0.557. The molecule has 0 atom stereocenters. The maximum absolute atomic E-state index is 8.00. The van der Waals surface area contributed by atoms with E-state index in [2.05, 4.69) is 0 Å². The second-order valence-electron chi connectivity index (χ2n) is 0. The number of carbonyl (C=O) groups excluding carboxylic acids is 3. The first-order valence-corrected chi connectivity index (χ1v) is 0.866. The van der Waals surface area contributed by atoms with Gasteiger partial charge in [0.25, 0.3) is 0 Å². The fraction of sp³-hybridized carbons (Fsp3) is 0. The molecule has 1 radical (unpaired) electrons. The van der Waals surface area contributed by atoms with E-state index in [4.69, 9.17) is 14.4 Å². The Morgan fingerprint density at radius 3 is 0.571 bits per heavy atom. The summed E-state index contributed by atoms with van der Waals surface area (Å²) >= 11 is 0. The topological polar surface area (TPSA) is 51.2 Å². The normalized spacial score (nSPS) is 1.71. The van der Waals surface area contributed by atoms with E-state index >= 15 is 0 Å². The molecule has 0 unspecified atom stereocenters. The molecule has 0 aliphatic carbocycles. The van der Waals surface area contributed by atoms with Gasteiger partial charge in [0.15, 0.2) is 0 Å². The Morgan fingerprint density at radius 1 is 0.571 bits per heavy atom. The van der Waals surface area contributed by atoms with Crippen LogP contribution in [0.4, 0.5) is 0 Å². The molecule has 0 saturated heterocycles. The predicted molar refractivity (Wildman–Crippen MR) is 21.4 cm³/mol. The minimum atomic E-state index is 0. The van der Waals surface area contributed by atoms with Crippen molar-refractivity contribution in [3.63, 3.8) is 0 Å². The first kappa shape index (κ1) is 31.2. The van der Waals surface area contributed by atoms with Crippen molar-refractivity contribution in [3.8, 4) is 0 Å². The van der Waals surface area contributed by atoms with E-state index in [9.17, 15) is 0 Å². The van der Waals surface area contributed by atoms with Crippen LogP contribution in [0, 0.1) is 0 Å². The molecular formula is C3H6CuO3. The van der Waals surface area contributed by atoms with E-state index < -0.39 is 0 Å². The van der Waals surface area contributed by atoms with Crippen molar-refractivity contribution in [1.82, 2.24) is 0 Å². The zero-order valence-corrected chi connectivity index (χ0v) is 4.59. The van der Waals surface area contributed by atoms with Crippen LogP contribution in [0.1, 0.15) is 0 Å². The van der Waals surface area contributed by atoms with Crippen molar-refractivity contribution >= 4 is 20.4 Å². The molecule has 0 aliphatic heterocycles. The van der Waals surface area contributed by atoms with Gasteiger partial charge >= 0.3 is 0 Å². The summed E-state index contributed by atoms with van der Waals surface area (Å²) in [5.74, 6) is 0. The summed E-state index contributed by atoms with van der Waals surface area (Å²) in [6.45, 7) is 6.00. The summed E-state index contributed by atoms with van der Waals surface area (Å²) in [6, 6.07) is 0. The van der Waals surface area contributed by atoms with Crippen LogP contribution in [0.3, 0.4) is 0 Å². The number of rotatable bonds is 0. The first-order valence-electron chi connectivity index (χ1n) is 0.866. The molecule has 0 amide bonds. The van der Waals surface area contributed by atoms with Gasteiger partial charge in [0, 0.05) is 17.1 Å². The van der Waals surface area contributed by atoms with Crippen molar-refractivity contribution in [2.24, 2.45) is 0 Å². The molecule has 0 aromatic heterocycles. The van der Waals surface area contributed by atoms with Crippen LogP contribution in [-0.2, 0) is 31.5 Å². The molecule has 0 fully saturated rings. The Bertz CT molecular complexity index is 14.9. The molecule has 47 valence electrons. The van der Waals surface area contributed by atoms with Crippen molar-refractivity contribution in [3.05, 3.63) is 0 Å². The van der Waals surface area contributed by atoms with Crippen LogP contribution in [0.5, 0.6) is 0 Å². The van der Waals surface area contributed by atoms with Crippen LogP contribution in [0.25, 0.3) is 0 Å². The fourth-order valence-corrected chi connectivity index (χ4v) is 0. The SMILES string of the molecule is C=O.C=O.C=O.[Cu]. The van der Waals surface area contributed by atoms with Crippen LogP contribution in [0.15, 0.2) is 0 Å². The van der Waals surface area contributed by atoms with Crippen molar-refractivity contribution < 1.29 is 31.5 Å². The summed E-state index contributed by atoms with van der Waals surface area (Å²) in [7, 11) is 0. The zero-order valence-electron chi connectivity index (χ0n) is 3.65. The molecule has 0 aromatic carbocycles. The smallest absolute Gasteiger partial charge is 0.106 e. The fourth-order valence-electron chi connectivity index (χ4n) is 0. The number of hydrogen-bond acceptors (Lipinski definition) is 3. The minimum absolute atomic E-state index is 0. The van der Waals surface area contributed by atoms with Crippen LogP contribution in [0.2, 0.25) is 0 Å². The zero-order chi connectivity index (χ0) is 6.00. The van der Waals surface area contributed by atoms with E-state index in [1.807, 2.05) is 20.4 Å². The Hall–Kier alpha value is -0.471. The molecule has 0 spiro atoms. The summed E-state index contributed by atoms with van der Waals surface area (Å²) in [6.07, 6.45) is 0. The number of carbonyl (C=O) groups is 3. The van der Waals surface area contributed by atoms with E-state index in [0.717, 1.165) is 0 Å². The molecule has 4 heteroatoms. The monoisotopic (exact) mass is 153 g/mol. The quantitative estimate of drug-likeness (QED) is 0.439. The van der Waals surface area contributed by atoms with Gasteiger partial charge in [-0.2, -0.15) is 0 Å². The molecule has 0 aromatic rings. The molecule has 0 heterocycles. The maximum Gasteiger partial charge on any atom is 0.106 e. The molecule has 0 rings (SSSR count). The molecule has 0 aliphatic rings. The van der Waals surface area contributed by atoms with Crippen LogP contribution >= 0.6 is 0 Å². The molecule has 7 heavy (non-hydrogen) atoms. The maximum atomic E-state index is 8.00. The Labute approximate surface area is 52.6 Å². The van der Waals surface area contributed by atoms with E-state index in [1.54, 1.807) is 0 Å². The van der Waals surface area contributed by atoms with Gasteiger partial charge in [-0.05, 0) is 0 Å². The molecule has 0 bridgehead atoms.